The minimum Gasteiger partial charge on any atom is -0.466 e. The van der Waals surface area contributed by atoms with E-state index in [-0.39, 0.29) is 18.7 Å². The molecule has 0 aromatic rings. The first-order valence-electron chi connectivity index (χ1n) is 4.74. The molecular formula is C10H12O6. The van der Waals surface area contributed by atoms with Crippen LogP contribution in [0.5, 0.6) is 0 Å². The fourth-order valence-electron chi connectivity index (χ4n) is 1.13. The lowest BCUT2D eigenvalue weighted by molar-refractivity contribution is -0.149. The monoisotopic (exact) mass is 228 g/mol. The van der Waals surface area contributed by atoms with Crippen LogP contribution in [0.15, 0.2) is 12.2 Å². The number of cyclic esters (lactones) is 1. The average molecular weight is 228 g/mol. The van der Waals surface area contributed by atoms with Gasteiger partial charge in [-0.1, -0.05) is 0 Å². The Kier molecular flexibility index (Phi) is 4.50. The zero-order valence-electron chi connectivity index (χ0n) is 8.80. The van der Waals surface area contributed by atoms with Crippen LogP contribution in [0.1, 0.15) is 12.8 Å². The molecule has 1 saturated heterocycles. The molecule has 0 aromatic heterocycles. The van der Waals surface area contributed by atoms with Crippen molar-refractivity contribution in [2.24, 2.45) is 0 Å². The van der Waals surface area contributed by atoms with Gasteiger partial charge in [0.15, 0.2) is 0 Å². The van der Waals surface area contributed by atoms with E-state index < -0.39 is 11.9 Å². The van der Waals surface area contributed by atoms with Gasteiger partial charge in [-0.05, 0) is 6.42 Å². The Bertz CT molecular complexity index is 319. The van der Waals surface area contributed by atoms with Crippen LogP contribution in [0.3, 0.4) is 0 Å². The summed E-state index contributed by atoms with van der Waals surface area (Å²) in [6.07, 6.45) is 2.45. The van der Waals surface area contributed by atoms with E-state index in [4.69, 9.17) is 9.47 Å². The Balaban J connectivity index is 2.22. The standard InChI is InChI=1S/C10H12O6/c1-14-8(11)4-5-9(12)15-6-7-2-3-10(13)16-7/h4-5,7H,2-3,6H2,1H3/b5-4+/t7-/m0/s1. The fourth-order valence-corrected chi connectivity index (χ4v) is 1.13. The first-order chi connectivity index (χ1) is 7.61. The minimum atomic E-state index is -0.673. The van der Waals surface area contributed by atoms with Gasteiger partial charge in [0.05, 0.1) is 7.11 Å². The minimum absolute atomic E-state index is 0.0100. The summed E-state index contributed by atoms with van der Waals surface area (Å²) in [5.41, 5.74) is 0. The number of esters is 3. The molecule has 1 aliphatic heterocycles. The second-order valence-corrected chi connectivity index (χ2v) is 3.14. The molecule has 0 bridgehead atoms. The van der Waals surface area contributed by atoms with Gasteiger partial charge in [-0.15, -0.1) is 0 Å². The first-order valence-corrected chi connectivity index (χ1v) is 4.74. The van der Waals surface area contributed by atoms with Crippen molar-refractivity contribution in [3.05, 3.63) is 12.2 Å². The summed E-state index contributed by atoms with van der Waals surface area (Å²) < 4.78 is 13.9. The predicted molar refractivity (Wildman–Crippen MR) is 51.2 cm³/mol. The highest BCUT2D eigenvalue weighted by Gasteiger charge is 2.24. The molecule has 0 aliphatic carbocycles. The van der Waals surface area contributed by atoms with E-state index in [0.29, 0.717) is 12.8 Å². The summed E-state index contributed by atoms with van der Waals surface area (Å²) >= 11 is 0. The fraction of sp³-hybridized carbons (Fsp3) is 0.500. The highest BCUT2D eigenvalue weighted by molar-refractivity contribution is 5.91. The highest BCUT2D eigenvalue weighted by atomic mass is 16.6. The zero-order chi connectivity index (χ0) is 12.0. The van der Waals surface area contributed by atoms with Crippen LogP contribution < -0.4 is 0 Å². The first kappa shape index (κ1) is 12.2. The summed E-state index contributed by atoms with van der Waals surface area (Å²) in [4.78, 5) is 32.4. The van der Waals surface area contributed by atoms with Crippen LogP contribution in [-0.2, 0) is 28.6 Å². The van der Waals surface area contributed by atoms with E-state index in [1.807, 2.05) is 0 Å². The Hall–Kier alpha value is -1.85. The summed E-state index contributed by atoms with van der Waals surface area (Å²) in [6, 6.07) is 0. The van der Waals surface area contributed by atoms with Crippen LogP contribution >= 0.6 is 0 Å². The molecule has 1 atom stereocenters. The van der Waals surface area contributed by atoms with E-state index in [1.165, 1.54) is 7.11 Å². The number of carbonyl (C=O) groups excluding carboxylic acids is 3. The maximum atomic E-state index is 11.0. The summed E-state index contributed by atoms with van der Waals surface area (Å²) in [5, 5.41) is 0. The van der Waals surface area contributed by atoms with Gasteiger partial charge in [-0.25, -0.2) is 9.59 Å². The predicted octanol–water partition coefficient (Wildman–Crippen LogP) is -0.0356. The van der Waals surface area contributed by atoms with Gasteiger partial charge in [-0.2, -0.15) is 0 Å². The van der Waals surface area contributed by atoms with E-state index in [9.17, 15) is 14.4 Å². The summed E-state index contributed by atoms with van der Waals surface area (Å²) in [7, 11) is 1.20. The van der Waals surface area contributed by atoms with Crippen LogP contribution in [-0.4, -0.2) is 37.7 Å². The molecule has 1 rings (SSSR count). The molecule has 6 heteroatoms. The maximum Gasteiger partial charge on any atom is 0.331 e. The molecule has 6 nitrogen and oxygen atoms in total. The summed E-state index contributed by atoms with van der Waals surface area (Å²) in [6.45, 7) is 0.0100. The van der Waals surface area contributed by atoms with Crippen molar-refractivity contribution in [1.29, 1.82) is 0 Å². The molecule has 16 heavy (non-hydrogen) atoms. The normalized spacial score (nSPS) is 19.6. The molecule has 0 N–H and O–H groups in total. The molecule has 0 spiro atoms. The molecule has 0 saturated carbocycles. The van der Waals surface area contributed by atoms with Gasteiger partial charge < -0.3 is 14.2 Å². The van der Waals surface area contributed by atoms with Gasteiger partial charge in [0.1, 0.15) is 12.7 Å². The molecule has 0 radical (unpaired) electrons. The maximum absolute atomic E-state index is 11.0. The van der Waals surface area contributed by atoms with Crippen molar-refractivity contribution in [1.82, 2.24) is 0 Å². The SMILES string of the molecule is COC(=O)/C=C/C(=O)OC[C@@H]1CCC(=O)O1. The Morgan fingerprint density at radius 2 is 2.12 bits per heavy atom. The van der Waals surface area contributed by atoms with Gasteiger partial charge >= 0.3 is 17.9 Å². The van der Waals surface area contributed by atoms with Gasteiger partial charge in [-0.3, -0.25) is 4.79 Å². The molecule has 88 valence electrons. The molecule has 1 fully saturated rings. The lowest BCUT2D eigenvalue weighted by Gasteiger charge is -2.07. The van der Waals surface area contributed by atoms with Gasteiger partial charge in [0.25, 0.3) is 0 Å². The van der Waals surface area contributed by atoms with E-state index in [1.54, 1.807) is 0 Å². The van der Waals surface area contributed by atoms with E-state index >= 15 is 0 Å². The molecule has 0 amide bonds. The Labute approximate surface area is 92.2 Å². The average Bonchev–Trinajstić information content (AvgIpc) is 2.69. The molecule has 1 aliphatic rings. The third-order valence-corrected chi connectivity index (χ3v) is 1.94. The molecular weight excluding hydrogens is 216 g/mol. The zero-order valence-corrected chi connectivity index (χ0v) is 8.80. The van der Waals surface area contributed by atoms with Crippen molar-refractivity contribution >= 4 is 17.9 Å². The smallest absolute Gasteiger partial charge is 0.331 e. The number of hydrogen-bond acceptors (Lipinski definition) is 6. The van der Waals surface area contributed by atoms with Crippen molar-refractivity contribution in [2.75, 3.05) is 13.7 Å². The van der Waals surface area contributed by atoms with E-state index in [0.717, 1.165) is 12.2 Å². The Morgan fingerprint density at radius 1 is 1.44 bits per heavy atom. The lowest BCUT2D eigenvalue weighted by Crippen LogP contribution is -2.17. The second-order valence-electron chi connectivity index (χ2n) is 3.14. The van der Waals surface area contributed by atoms with Gasteiger partial charge in [0, 0.05) is 18.6 Å². The van der Waals surface area contributed by atoms with Crippen LogP contribution in [0, 0.1) is 0 Å². The van der Waals surface area contributed by atoms with Crippen molar-refractivity contribution in [3.8, 4) is 0 Å². The van der Waals surface area contributed by atoms with Crippen LogP contribution in [0.2, 0.25) is 0 Å². The number of methoxy groups -OCH3 is 1. The molecule has 0 aromatic carbocycles. The van der Waals surface area contributed by atoms with Crippen molar-refractivity contribution in [2.45, 2.75) is 18.9 Å². The lowest BCUT2D eigenvalue weighted by atomic mass is 10.2. The third kappa shape index (κ3) is 4.12. The second kappa shape index (κ2) is 5.89. The van der Waals surface area contributed by atoms with Crippen LogP contribution in [0.25, 0.3) is 0 Å². The largest absolute Gasteiger partial charge is 0.466 e. The van der Waals surface area contributed by atoms with Gasteiger partial charge in [0.2, 0.25) is 0 Å². The molecule has 1 heterocycles. The number of hydrogen-bond donors (Lipinski definition) is 0. The van der Waals surface area contributed by atoms with E-state index in [2.05, 4.69) is 4.74 Å². The van der Waals surface area contributed by atoms with Crippen LogP contribution in [0.4, 0.5) is 0 Å². The highest BCUT2D eigenvalue weighted by Crippen LogP contribution is 2.13. The number of rotatable bonds is 4. The topological polar surface area (TPSA) is 78.9 Å². The summed E-state index contributed by atoms with van der Waals surface area (Å²) in [5.74, 6) is -1.59. The Morgan fingerprint density at radius 3 is 2.69 bits per heavy atom. The van der Waals surface area contributed by atoms with Crippen molar-refractivity contribution < 1.29 is 28.6 Å². The number of ether oxygens (including phenoxy) is 3. The molecule has 0 unspecified atom stereocenters. The third-order valence-electron chi connectivity index (χ3n) is 1.94. The quantitative estimate of drug-likeness (QED) is 0.382. The number of carbonyl (C=O) groups is 3. The van der Waals surface area contributed by atoms with Crippen molar-refractivity contribution in [3.63, 3.8) is 0 Å².